The fraction of sp³-hybridized carbons (Fsp3) is 0.625. The van der Waals surface area contributed by atoms with Crippen LogP contribution >= 0.6 is 0 Å². The molecule has 1 aliphatic rings. The predicted molar refractivity (Wildman–Crippen MR) is 79.0 cm³/mol. The quantitative estimate of drug-likeness (QED) is 0.873. The molecule has 1 fully saturated rings. The van der Waals surface area contributed by atoms with E-state index < -0.39 is 0 Å². The van der Waals surface area contributed by atoms with Crippen molar-refractivity contribution in [2.75, 3.05) is 12.4 Å². The summed E-state index contributed by atoms with van der Waals surface area (Å²) in [6.45, 7) is 4.37. The number of anilines is 1. The van der Waals surface area contributed by atoms with Crippen LogP contribution in [0.25, 0.3) is 0 Å². The SMILES string of the molecule is COc1cc(C(C)C)ccc1NC1CCC(O)CC1. The number of benzene rings is 1. The van der Waals surface area contributed by atoms with Crippen molar-refractivity contribution in [1.82, 2.24) is 0 Å². The first kappa shape index (κ1) is 14.2. The summed E-state index contributed by atoms with van der Waals surface area (Å²) in [5, 5.41) is 13.1. The molecule has 0 aliphatic heterocycles. The summed E-state index contributed by atoms with van der Waals surface area (Å²) in [7, 11) is 1.72. The lowest BCUT2D eigenvalue weighted by molar-refractivity contribution is 0.126. The van der Waals surface area contributed by atoms with E-state index in [1.807, 2.05) is 0 Å². The fourth-order valence-corrected chi connectivity index (χ4v) is 2.63. The van der Waals surface area contributed by atoms with E-state index in [9.17, 15) is 5.11 Å². The van der Waals surface area contributed by atoms with E-state index in [2.05, 4.69) is 37.4 Å². The van der Waals surface area contributed by atoms with E-state index in [1.54, 1.807) is 7.11 Å². The van der Waals surface area contributed by atoms with Gasteiger partial charge in [-0.15, -0.1) is 0 Å². The molecule has 0 unspecified atom stereocenters. The molecule has 19 heavy (non-hydrogen) atoms. The van der Waals surface area contributed by atoms with E-state index in [-0.39, 0.29) is 6.10 Å². The van der Waals surface area contributed by atoms with Crippen molar-refractivity contribution in [3.63, 3.8) is 0 Å². The van der Waals surface area contributed by atoms with Crippen molar-refractivity contribution in [2.24, 2.45) is 0 Å². The molecular weight excluding hydrogens is 238 g/mol. The molecule has 0 bridgehead atoms. The van der Waals surface area contributed by atoms with Gasteiger partial charge in [-0.1, -0.05) is 19.9 Å². The van der Waals surface area contributed by atoms with Crippen LogP contribution in [0.15, 0.2) is 18.2 Å². The number of hydrogen-bond acceptors (Lipinski definition) is 3. The lowest BCUT2D eigenvalue weighted by Gasteiger charge is -2.27. The van der Waals surface area contributed by atoms with Crippen molar-refractivity contribution in [3.05, 3.63) is 23.8 Å². The molecule has 0 radical (unpaired) electrons. The fourth-order valence-electron chi connectivity index (χ4n) is 2.63. The standard InChI is InChI=1S/C16H25NO2/c1-11(2)12-4-9-15(16(10-12)19-3)17-13-5-7-14(18)8-6-13/h4,9-11,13-14,17-18H,5-8H2,1-3H3. The first-order chi connectivity index (χ1) is 9.10. The lowest BCUT2D eigenvalue weighted by atomic mass is 9.93. The van der Waals surface area contributed by atoms with Crippen LogP contribution in [0.2, 0.25) is 0 Å². The van der Waals surface area contributed by atoms with Gasteiger partial charge in [0.05, 0.1) is 18.9 Å². The van der Waals surface area contributed by atoms with Crippen molar-refractivity contribution >= 4 is 5.69 Å². The van der Waals surface area contributed by atoms with Crippen LogP contribution in [0, 0.1) is 0 Å². The molecule has 0 atom stereocenters. The molecule has 0 spiro atoms. The van der Waals surface area contributed by atoms with E-state index in [0.29, 0.717) is 12.0 Å². The molecule has 106 valence electrons. The molecule has 3 heteroatoms. The minimum Gasteiger partial charge on any atom is -0.495 e. The topological polar surface area (TPSA) is 41.5 Å². The minimum absolute atomic E-state index is 0.108. The Balaban J connectivity index is 2.07. The van der Waals surface area contributed by atoms with Crippen LogP contribution in [0.4, 0.5) is 5.69 Å². The normalized spacial score (nSPS) is 23.4. The largest absolute Gasteiger partial charge is 0.495 e. The molecule has 1 aliphatic carbocycles. The van der Waals surface area contributed by atoms with Crippen LogP contribution in [0.5, 0.6) is 5.75 Å². The van der Waals surface area contributed by atoms with E-state index in [1.165, 1.54) is 5.56 Å². The Morgan fingerprint density at radius 3 is 2.47 bits per heavy atom. The molecule has 1 saturated carbocycles. The molecule has 0 aromatic heterocycles. The van der Waals surface area contributed by atoms with Gasteiger partial charge in [0.1, 0.15) is 5.75 Å². The molecule has 1 aromatic rings. The Morgan fingerprint density at radius 1 is 1.21 bits per heavy atom. The lowest BCUT2D eigenvalue weighted by Crippen LogP contribution is -2.28. The predicted octanol–water partition coefficient (Wildman–Crippen LogP) is 3.53. The summed E-state index contributed by atoms with van der Waals surface area (Å²) in [6, 6.07) is 6.83. The molecule has 3 nitrogen and oxygen atoms in total. The van der Waals surface area contributed by atoms with E-state index in [0.717, 1.165) is 37.1 Å². The van der Waals surface area contributed by atoms with Gasteiger partial charge in [0.2, 0.25) is 0 Å². The third-order valence-corrected chi connectivity index (χ3v) is 3.95. The van der Waals surface area contributed by atoms with Gasteiger partial charge >= 0.3 is 0 Å². The summed E-state index contributed by atoms with van der Waals surface area (Å²) < 4.78 is 5.49. The Bertz CT molecular complexity index is 409. The number of nitrogens with one attached hydrogen (secondary N) is 1. The average Bonchev–Trinajstić information content (AvgIpc) is 2.41. The first-order valence-electron chi connectivity index (χ1n) is 7.22. The second-order valence-corrected chi connectivity index (χ2v) is 5.76. The van der Waals surface area contributed by atoms with Crippen molar-refractivity contribution < 1.29 is 9.84 Å². The molecule has 0 heterocycles. The minimum atomic E-state index is -0.108. The second-order valence-electron chi connectivity index (χ2n) is 5.76. The zero-order chi connectivity index (χ0) is 13.8. The van der Waals surface area contributed by atoms with Crippen LogP contribution in [0.3, 0.4) is 0 Å². The molecule has 0 saturated heterocycles. The van der Waals surface area contributed by atoms with Gasteiger partial charge in [0.15, 0.2) is 0 Å². The van der Waals surface area contributed by atoms with Crippen molar-refractivity contribution in [1.29, 1.82) is 0 Å². The summed E-state index contributed by atoms with van der Waals surface area (Å²) in [5.74, 6) is 1.42. The van der Waals surface area contributed by atoms with Gasteiger partial charge in [-0.25, -0.2) is 0 Å². The van der Waals surface area contributed by atoms with Crippen molar-refractivity contribution in [3.8, 4) is 5.75 Å². The third-order valence-electron chi connectivity index (χ3n) is 3.95. The maximum atomic E-state index is 9.54. The first-order valence-corrected chi connectivity index (χ1v) is 7.22. The van der Waals surface area contributed by atoms with Crippen LogP contribution < -0.4 is 10.1 Å². The monoisotopic (exact) mass is 263 g/mol. The molecular formula is C16H25NO2. The number of ether oxygens (including phenoxy) is 1. The van der Waals surface area contributed by atoms with Crippen LogP contribution in [-0.4, -0.2) is 24.4 Å². The third kappa shape index (κ3) is 3.63. The summed E-state index contributed by atoms with van der Waals surface area (Å²) in [6.07, 6.45) is 3.73. The van der Waals surface area contributed by atoms with Gasteiger partial charge in [0, 0.05) is 6.04 Å². The highest BCUT2D eigenvalue weighted by Crippen LogP contribution is 2.31. The van der Waals surface area contributed by atoms with Crippen molar-refractivity contribution in [2.45, 2.75) is 57.6 Å². The number of rotatable bonds is 4. The molecule has 2 N–H and O–H groups in total. The van der Waals surface area contributed by atoms with E-state index in [4.69, 9.17) is 4.74 Å². The molecule has 1 aromatic carbocycles. The Labute approximate surface area is 116 Å². The molecule has 0 amide bonds. The highest BCUT2D eigenvalue weighted by Gasteiger charge is 2.20. The van der Waals surface area contributed by atoms with Gasteiger partial charge in [0.25, 0.3) is 0 Å². The smallest absolute Gasteiger partial charge is 0.142 e. The van der Waals surface area contributed by atoms with E-state index >= 15 is 0 Å². The number of methoxy groups -OCH3 is 1. The van der Waals surface area contributed by atoms with Gasteiger partial charge in [-0.2, -0.15) is 0 Å². The zero-order valence-electron chi connectivity index (χ0n) is 12.1. The summed E-state index contributed by atoms with van der Waals surface area (Å²) >= 11 is 0. The Kier molecular flexibility index (Phi) is 4.70. The number of aliphatic hydroxyl groups excluding tert-OH is 1. The number of aliphatic hydroxyl groups is 1. The zero-order valence-corrected chi connectivity index (χ0v) is 12.1. The number of hydrogen-bond donors (Lipinski definition) is 2. The van der Waals surface area contributed by atoms with Gasteiger partial charge in [-0.05, 0) is 49.3 Å². The summed E-state index contributed by atoms with van der Waals surface area (Å²) in [4.78, 5) is 0. The highest BCUT2D eigenvalue weighted by atomic mass is 16.5. The maximum absolute atomic E-state index is 9.54. The highest BCUT2D eigenvalue weighted by molar-refractivity contribution is 5.58. The van der Waals surface area contributed by atoms with Crippen LogP contribution in [0.1, 0.15) is 51.0 Å². The van der Waals surface area contributed by atoms with Crippen LogP contribution in [-0.2, 0) is 0 Å². The summed E-state index contributed by atoms with van der Waals surface area (Å²) in [5.41, 5.74) is 2.36. The second kappa shape index (κ2) is 6.29. The Hall–Kier alpha value is -1.22. The van der Waals surface area contributed by atoms with Gasteiger partial charge in [-0.3, -0.25) is 0 Å². The maximum Gasteiger partial charge on any atom is 0.142 e. The molecule has 2 rings (SSSR count). The average molecular weight is 263 g/mol. The Morgan fingerprint density at radius 2 is 1.89 bits per heavy atom. The van der Waals surface area contributed by atoms with Gasteiger partial charge < -0.3 is 15.2 Å².